The van der Waals surface area contributed by atoms with Crippen molar-refractivity contribution in [2.75, 3.05) is 20.3 Å². The molecule has 0 radical (unpaired) electrons. The van der Waals surface area contributed by atoms with Crippen LogP contribution in [0.3, 0.4) is 0 Å². The van der Waals surface area contributed by atoms with Crippen molar-refractivity contribution in [2.24, 2.45) is 0 Å². The maximum atomic E-state index is 10.9. The minimum atomic E-state index is -0.899. The number of carbonyl (C=O) groups is 1. The molecule has 2 N–H and O–H groups in total. The number of nitrogens with one attached hydrogen (secondary N) is 1. The standard InChI is InChI=1S/C26H27NO5/c1-3-23(22-12-10-21(11-13-22)20-7-5-4-6-8-20)27-32-16-15-31-25-17-19(18-26(28)29)9-14-24(25)30-2/h3-14,17,27H,15-16,18H2,1-2H3,(H,28,29). The van der Waals surface area contributed by atoms with Crippen LogP contribution in [0.4, 0.5) is 0 Å². The summed E-state index contributed by atoms with van der Waals surface area (Å²) in [5.74, 6) is 0.127. The zero-order chi connectivity index (χ0) is 22.8. The van der Waals surface area contributed by atoms with Gasteiger partial charge in [-0.1, -0.05) is 66.7 Å². The number of aliphatic carboxylic acids is 1. The first-order valence-corrected chi connectivity index (χ1v) is 10.3. The molecule has 0 heterocycles. The van der Waals surface area contributed by atoms with E-state index < -0.39 is 5.97 Å². The fourth-order valence-electron chi connectivity index (χ4n) is 3.20. The van der Waals surface area contributed by atoms with Crippen LogP contribution in [0, 0.1) is 0 Å². The summed E-state index contributed by atoms with van der Waals surface area (Å²) >= 11 is 0. The monoisotopic (exact) mass is 433 g/mol. The molecule has 0 saturated heterocycles. The second-order valence-corrected chi connectivity index (χ2v) is 7.00. The van der Waals surface area contributed by atoms with Gasteiger partial charge < -0.3 is 14.6 Å². The molecule has 0 fully saturated rings. The third-order valence-corrected chi connectivity index (χ3v) is 4.80. The number of ether oxygens (including phenoxy) is 2. The number of hydroxylamine groups is 1. The Balaban J connectivity index is 1.51. The van der Waals surface area contributed by atoms with Crippen molar-refractivity contribution < 1.29 is 24.2 Å². The number of hydrogen-bond donors (Lipinski definition) is 2. The molecule has 6 nitrogen and oxygen atoms in total. The van der Waals surface area contributed by atoms with Gasteiger partial charge in [0.2, 0.25) is 0 Å². The Morgan fingerprint density at radius 1 is 0.938 bits per heavy atom. The summed E-state index contributed by atoms with van der Waals surface area (Å²) < 4.78 is 11.0. The van der Waals surface area contributed by atoms with Crippen LogP contribution in [-0.2, 0) is 16.1 Å². The quantitative estimate of drug-likeness (QED) is 0.329. The van der Waals surface area contributed by atoms with Crippen LogP contribution in [0.2, 0.25) is 0 Å². The van der Waals surface area contributed by atoms with Crippen molar-refractivity contribution in [3.63, 3.8) is 0 Å². The van der Waals surface area contributed by atoms with E-state index in [2.05, 4.69) is 29.7 Å². The molecule has 32 heavy (non-hydrogen) atoms. The van der Waals surface area contributed by atoms with Crippen molar-refractivity contribution in [1.82, 2.24) is 5.48 Å². The molecule has 0 spiro atoms. The van der Waals surface area contributed by atoms with E-state index in [1.807, 2.05) is 43.3 Å². The highest BCUT2D eigenvalue weighted by atomic mass is 16.7. The van der Waals surface area contributed by atoms with Gasteiger partial charge in [0.25, 0.3) is 0 Å². The highest BCUT2D eigenvalue weighted by Gasteiger charge is 2.09. The molecule has 166 valence electrons. The Morgan fingerprint density at radius 2 is 1.66 bits per heavy atom. The fourth-order valence-corrected chi connectivity index (χ4v) is 3.20. The van der Waals surface area contributed by atoms with E-state index in [4.69, 9.17) is 19.4 Å². The van der Waals surface area contributed by atoms with Gasteiger partial charge in [0, 0.05) is 0 Å². The zero-order valence-corrected chi connectivity index (χ0v) is 18.2. The number of carboxylic acid groups (broad SMARTS) is 1. The van der Waals surface area contributed by atoms with Crippen LogP contribution in [0.25, 0.3) is 16.8 Å². The Labute approximate surface area is 188 Å². The van der Waals surface area contributed by atoms with Gasteiger partial charge in [0.1, 0.15) is 13.2 Å². The first-order valence-electron chi connectivity index (χ1n) is 10.3. The summed E-state index contributed by atoms with van der Waals surface area (Å²) in [7, 11) is 1.54. The van der Waals surface area contributed by atoms with Crippen molar-refractivity contribution in [2.45, 2.75) is 13.3 Å². The lowest BCUT2D eigenvalue weighted by Gasteiger charge is -2.14. The second-order valence-electron chi connectivity index (χ2n) is 7.00. The van der Waals surface area contributed by atoms with Gasteiger partial charge in [-0.05, 0) is 41.3 Å². The highest BCUT2D eigenvalue weighted by Crippen LogP contribution is 2.28. The van der Waals surface area contributed by atoms with Gasteiger partial charge >= 0.3 is 5.97 Å². The van der Waals surface area contributed by atoms with Crippen LogP contribution in [-0.4, -0.2) is 31.4 Å². The van der Waals surface area contributed by atoms with E-state index in [-0.39, 0.29) is 19.6 Å². The lowest BCUT2D eigenvalue weighted by molar-refractivity contribution is -0.136. The summed E-state index contributed by atoms with van der Waals surface area (Å²) in [6.45, 7) is 2.49. The Hall–Kier alpha value is -3.77. The lowest BCUT2D eigenvalue weighted by atomic mass is 10.0. The van der Waals surface area contributed by atoms with Gasteiger partial charge in [0.15, 0.2) is 11.5 Å². The van der Waals surface area contributed by atoms with Crippen LogP contribution < -0.4 is 15.0 Å². The molecular formula is C26H27NO5. The Kier molecular flexibility index (Phi) is 8.29. The lowest BCUT2D eigenvalue weighted by Crippen LogP contribution is -2.18. The molecule has 0 aliphatic carbocycles. The molecule has 0 amide bonds. The average Bonchev–Trinajstić information content (AvgIpc) is 2.82. The molecule has 3 aromatic rings. The summed E-state index contributed by atoms with van der Waals surface area (Å²) in [5.41, 5.74) is 7.80. The summed E-state index contributed by atoms with van der Waals surface area (Å²) in [6.07, 6.45) is 1.86. The van der Waals surface area contributed by atoms with Crippen LogP contribution in [0.15, 0.2) is 78.9 Å². The van der Waals surface area contributed by atoms with E-state index >= 15 is 0 Å². The SMILES string of the molecule is CC=C(NOCCOc1cc(CC(=O)O)ccc1OC)c1ccc(-c2ccccc2)cc1. The third kappa shape index (κ3) is 6.36. The largest absolute Gasteiger partial charge is 0.493 e. The van der Waals surface area contributed by atoms with Crippen molar-refractivity contribution in [1.29, 1.82) is 0 Å². The number of benzene rings is 3. The molecule has 0 atom stereocenters. The molecule has 0 bridgehead atoms. The third-order valence-electron chi connectivity index (χ3n) is 4.80. The molecule has 0 aromatic heterocycles. The maximum absolute atomic E-state index is 10.9. The topological polar surface area (TPSA) is 77.0 Å². The summed E-state index contributed by atoms with van der Waals surface area (Å²) in [6, 6.07) is 23.5. The van der Waals surface area contributed by atoms with E-state index in [0.717, 1.165) is 16.8 Å². The van der Waals surface area contributed by atoms with Crippen molar-refractivity contribution in [3.8, 4) is 22.6 Å². The van der Waals surface area contributed by atoms with Crippen LogP contribution in [0.5, 0.6) is 11.5 Å². The normalized spacial score (nSPS) is 11.1. The van der Waals surface area contributed by atoms with Gasteiger partial charge in [-0.25, -0.2) is 0 Å². The van der Waals surface area contributed by atoms with Gasteiger partial charge in [-0.3, -0.25) is 15.1 Å². The van der Waals surface area contributed by atoms with E-state index in [1.165, 1.54) is 5.56 Å². The van der Waals surface area contributed by atoms with Crippen molar-refractivity contribution in [3.05, 3.63) is 90.0 Å². The summed E-state index contributed by atoms with van der Waals surface area (Å²) in [5, 5.41) is 8.97. The number of methoxy groups -OCH3 is 1. The van der Waals surface area contributed by atoms with E-state index in [0.29, 0.717) is 17.1 Å². The highest BCUT2D eigenvalue weighted by molar-refractivity contribution is 5.71. The first-order chi connectivity index (χ1) is 15.6. The van der Waals surface area contributed by atoms with Gasteiger partial charge in [-0.15, -0.1) is 0 Å². The van der Waals surface area contributed by atoms with E-state index in [1.54, 1.807) is 25.3 Å². The summed E-state index contributed by atoms with van der Waals surface area (Å²) in [4.78, 5) is 16.5. The van der Waals surface area contributed by atoms with Crippen LogP contribution >= 0.6 is 0 Å². The van der Waals surface area contributed by atoms with Gasteiger partial charge in [0.05, 0.1) is 19.2 Å². The van der Waals surface area contributed by atoms with E-state index in [9.17, 15) is 4.79 Å². The van der Waals surface area contributed by atoms with Crippen LogP contribution in [0.1, 0.15) is 18.1 Å². The van der Waals surface area contributed by atoms with Gasteiger partial charge in [-0.2, -0.15) is 0 Å². The fraction of sp³-hybridized carbons (Fsp3) is 0.192. The molecule has 0 unspecified atom stereocenters. The number of allylic oxidation sites excluding steroid dienone is 1. The zero-order valence-electron chi connectivity index (χ0n) is 18.2. The maximum Gasteiger partial charge on any atom is 0.307 e. The number of hydrogen-bond acceptors (Lipinski definition) is 5. The van der Waals surface area contributed by atoms with Crippen molar-refractivity contribution >= 4 is 11.7 Å². The minimum Gasteiger partial charge on any atom is -0.493 e. The number of rotatable bonds is 11. The molecular weight excluding hydrogens is 406 g/mol. The Morgan fingerprint density at radius 3 is 2.31 bits per heavy atom. The first kappa shape index (κ1) is 22.9. The Bertz CT molecular complexity index is 1050. The molecule has 6 heteroatoms. The predicted octanol–water partition coefficient (Wildman–Crippen LogP) is 4.95. The molecule has 0 aliphatic rings. The number of carboxylic acids is 1. The predicted molar refractivity (Wildman–Crippen MR) is 124 cm³/mol. The molecule has 3 aromatic carbocycles. The molecule has 0 saturated carbocycles. The minimum absolute atomic E-state index is 0.0773. The smallest absolute Gasteiger partial charge is 0.307 e. The molecule has 3 rings (SSSR count). The second kappa shape index (κ2) is 11.6. The molecule has 0 aliphatic heterocycles. The average molecular weight is 434 g/mol.